The molecule has 0 bridgehead atoms. The van der Waals surface area contributed by atoms with Gasteiger partial charge in [0.05, 0.1) is 16.7 Å². The van der Waals surface area contributed by atoms with Crippen molar-refractivity contribution in [1.29, 1.82) is 0 Å². The summed E-state index contributed by atoms with van der Waals surface area (Å²) < 4.78 is 1.65. The van der Waals surface area contributed by atoms with Gasteiger partial charge in [0.1, 0.15) is 0 Å². The van der Waals surface area contributed by atoms with Crippen molar-refractivity contribution in [2.24, 2.45) is 5.92 Å². The van der Waals surface area contributed by atoms with Gasteiger partial charge in [-0.2, -0.15) is 0 Å². The fraction of sp³-hybridized carbons (Fsp3) is 0.500. The number of piperidine rings is 1. The van der Waals surface area contributed by atoms with Crippen molar-refractivity contribution in [3.05, 3.63) is 34.6 Å². The van der Waals surface area contributed by atoms with Crippen LogP contribution >= 0.6 is 11.8 Å². The Morgan fingerprint density at radius 2 is 2.00 bits per heavy atom. The molecule has 1 aliphatic rings. The van der Waals surface area contributed by atoms with Crippen molar-refractivity contribution in [1.82, 2.24) is 14.5 Å². The fourth-order valence-electron chi connectivity index (χ4n) is 3.01. The third-order valence-electron chi connectivity index (χ3n) is 4.60. The van der Waals surface area contributed by atoms with Gasteiger partial charge in [-0.1, -0.05) is 30.8 Å². The highest BCUT2D eigenvalue weighted by molar-refractivity contribution is 7.99. The van der Waals surface area contributed by atoms with E-state index in [9.17, 15) is 9.59 Å². The van der Waals surface area contributed by atoms with Gasteiger partial charge in [0.15, 0.2) is 5.16 Å². The predicted molar refractivity (Wildman–Crippen MR) is 97.4 cm³/mol. The zero-order valence-corrected chi connectivity index (χ0v) is 15.0. The average Bonchev–Trinajstić information content (AvgIpc) is 2.60. The van der Waals surface area contributed by atoms with E-state index in [1.165, 1.54) is 11.8 Å². The number of hydrogen-bond acceptors (Lipinski definition) is 4. The molecule has 1 amide bonds. The summed E-state index contributed by atoms with van der Waals surface area (Å²) in [5.41, 5.74) is 0.652. The van der Waals surface area contributed by atoms with Crippen LogP contribution in [-0.4, -0.2) is 39.2 Å². The molecular weight excluding hydrogens is 322 g/mol. The summed E-state index contributed by atoms with van der Waals surface area (Å²) in [5, 5.41) is 1.25. The first-order chi connectivity index (χ1) is 11.6. The molecule has 0 unspecified atom stereocenters. The Kier molecular flexibility index (Phi) is 5.23. The molecule has 6 heteroatoms. The summed E-state index contributed by atoms with van der Waals surface area (Å²) in [6.45, 7) is 6.39. The van der Waals surface area contributed by atoms with E-state index in [1.54, 1.807) is 10.6 Å². The van der Waals surface area contributed by atoms with Crippen molar-refractivity contribution in [3.63, 3.8) is 0 Å². The van der Waals surface area contributed by atoms with Gasteiger partial charge in [-0.25, -0.2) is 4.98 Å². The molecule has 3 rings (SSSR count). The molecule has 2 heterocycles. The quantitative estimate of drug-likeness (QED) is 0.632. The molecule has 0 spiro atoms. The van der Waals surface area contributed by atoms with Crippen LogP contribution in [0, 0.1) is 5.92 Å². The first-order valence-corrected chi connectivity index (χ1v) is 9.49. The Morgan fingerprint density at radius 1 is 1.29 bits per heavy atom. The van der Waals surface area contributed by atoms with Gasteiger partial charge >= 0.3 is 0 Å². The van der Waals surface area contributed by atoms with Crippen LogP contribution in [0.4, 0.5) is 0 Å². The first kappa shape index (κ1) is 17.0. The monoisotopic (exact) mass is 345 g/mol. The fourth-order valence-corrected chi connectivity index (χ4v) is 3.98. The van der Waals surface area contributed by atoms with Crippen LogP contribution in [0.2, 0.25) is 0 Å². The highest BCUT2D eigenvalue weighted by atomic mass is 32.2. The van der Waals surface area contributed by atoms with Gasteiger partial charge in [-0.15, -0.1) is 0 Å². The zero-order chi connectivity index (χ0) is 17.1. The summed E-state index contributed by atoms with van der Waals surface area (Å²) >= 11 is 1.36. The lowest BCUT2D eigenvalue weighted by molar-refractivity contribution is -0.129. The first-order valence-electron chi connectivity index (χ1n) is 8.50. The Bertz CT molecular complexity index is 794. The summed E-state index contributed by atoms with van der Waals surface area (Å²) in [7, 11) is 0. The molecule has 24 heavy (non-hydrogen) atoms. The number of thioether (sulfide) groups is 1. The number of fused-ring (bicyclic) bond motifs is 1. The number of nitrogens with zero attached hydrogens (tertiary/aromatic N) is 3. The van der Waals surface area contributed by atoms with E-state index < -0.39 is 0 Å². The van der Waals surface area contributed by atoms with Crippen LogP contribution in [-0.2, 0) is 11.3 Å². The van der Waals surface area contributed by atoms with Crippen LogP contribution in [0.1, 0.15) is 26.7 Å². The van der Waals surface area contributed by atoms with Crippen molar-refractivity contribution >= 4 is 28.6 Å². The maximum atomic E-state index is 12.6. The lowest BCUT2D eigenvalue weighted by Gasteiger charge is -2.30. The number of benzene rings is 1. The van der Waals surface area contributed by atoms with E-state index >= 15 is 0 Å². The molecule has 128 valence electrons. The molecule has 0 atom stereocenters. The van der Waals surface area contributed by atoms with E-state index in [1.807, 2.05) is 30.0 Å². The average molecular weight is 345 g/mol. The number of aromatic nitrogens is 2. The van der Waals surface area contributed by atoms with Crippen molar-refractivity contribution in [3.8, 4) is 0 Å². The van der Waals surface area contributed by atoms with Crippen LogP contribution < -0.4 is 5.56 Å². The molecular formula is C18H23N3O2S. The number of likely N-dealkylation sites (tertiary alicyclic amines) is 1. The molecule has 0 N–H and O–H groups in total. The van der Waals surface area contributed by atoms with Gasteiger partial charge in [-0.3, -0.25) is 14.2 Å². The van der Waals surface area contributed by atoms with Gasteiger partial charge in [0, 0.05) is 19.6 Å². The van der Waals surface area contributed by atoms with Gasteiger partial charge < -0.3 is 4.90 Å². The predicted octanol–water partition coefficient (Wildman–Crippen LogP) is 2.77. The molecule has 0 saturated carbocycles. The number of carbonyl (C=O) groups excluding carboxylic acids is 1. The molecule has 1 aliphatic heterocycles. The Hall–Kier alpha value is -1.82. The largest absolute Gasteiger partial charge is 0.342 e. The van der Waals surface area contributed by atoms with E-state index in [0.717, 1.165) is 25.9 Å². The highest BCUT2D eigenvalue weighted by Crippen LogP contribution is 2.21. The summed E-state index contributed by atoms with van der Waals surface area (Å²) in [5.74, 6) is 1.17. The second kappa shape index (κ2) is 7.38. The van der Waals surface area contributed by atoms with Crippen molar-refractivity contribution in [2.75, 3.05) is 18.8 Å². The van der Waals surface area contributed by atoms with E-state index in [0.29, 0.717) is 34.3 Å². The number of amides is 1. The zero-order valence-electron chi connectivity index (χ0n) is 14.2. The second-order valence-electron chi connectivity index (χ2n) is 6.31. The van der Waals surface area contributed by atoms with Crippen LogP contribution in [0.15, 0.2) is 34.2 Å². The van der Waals surface area contributed by atoms with Crippen molar-refractivity contribution < 1.29 is 4.79 Å². The topological polar surface area (TPSA) is 55.2 Å². The smallest absolute Gasteiger partial charge is 0.262 e. The minimum absolute atomic E-state index is 0.0372. The minimum Gasteiger partial charge on any atom is -0.342 e. The maximum absolute atomic E-state index is 12.6. The molecule has 1 saturated heterocycles. The van der Waals surface area contributed by atoms with Gasteiger partial charge in [-0.05, 0) is 37.8 Å². The van der Waals surface area contributed by atoms with Gasteiger partial charge in [0.25, 0.3) is 5.56 Å². The lowest BCUT2D eigenvalue weighted by atomic mass is 9.99. The number of para-hydroxylation sites is 1. The lowest BCUT2D eigenvalue weighted by Crippen LogP contribution is -2.39. The molecule has 0 radical (unpaired) electrons. The second-order valence-corrected chi connectivity index (χ2v) is 7.26. The maximum Gasteiger partial charge on any atom is 0.262 e. The van der Waals surface area contributed by atoms with E-state index in [4.69, 9.17) is 0 Å². The SMILES string of the molecule is CCn1c(SCC(=O)N2CCC(C)CC2)nc2ccccc2c1=O. The minimum atomic E-state index is -0.0372. The molecule has 0 aliphatic carbocycles. The van der Waals surface area contributed by atoms with Crippen molar-refractivity contribution in [2.45, 2.75) is 38.4 Å². The number of rotatable bonds is 4. The standard InChI is InChI=1S/C18H23N3O2S/c1-3-21-17(23)14-6-4-5-7-15(14)19-18(21)24-12-16(22)20-10-8-13(2)9-11-20/h4-7,13H,3,8-12H2,1-2H3. The number of carbonyl (C=O) groups is 1. The third-order valence-corrected chi connectivity index (χ3v) is 5.57. The van der Waals surface area contributed by atoms with Crippen LogP contribution in [0.25, 0.3) is 10.9 Å². The Morgan fingerprint density at radius 3 is 2.71 bits per heavy atom. The Balaban J connectivity index is 1.77. The van der Waals surface area contributed by atoms with Crippen LogP contribution in [0.5, 0.6) is 0 Å². The Labute approximate surface area is 146 Å². The highest BCUT2D eigenvalue weighted by Gasteiger charge is 2.21. The van der Waals surface area contributed by atoms with E-state index in [2.05, 4.69) is 11.9 Å². The van der Waals surface area contributed by atoms with E-state index in [-0.39, 0.29) is 11.5 Å². The van der Waals surface area contributed by atoms with Gasteiger partial charge in [0.2, 0.25) is 5.91 Å². The third kappa shape index (κ3) is 3.48. The van der Waals surface area contributed by atoms with Crippen LogP contribution in [0.3, 0.4) is 0 Å². The molecule has 2 aromatic rings. The molecule has 5 nitrogen and oxygen atoms in total. The molecule has 1 aromatic carbocycles. The summed E-state index contributed by atoms with van der Waals surface area (Å²) in [6.07, 6.45) is 2.15. The normalized spacial score (nSPS) is 15.8. The molecule has 1 aromatic heterocycles. The summed E-state index contributed by atoms with van der Waals surface area (Å²) in [6, 6.07) is 7.36. The number of hydrogen-bond donors (Lipinski definition) is 0. The summed E-state index contributed by atoms with van der Waals surface area (Å²) in [4.78, 5) is 31.5. The molecule has 1 fully saturated rings.